The lowest BCUT2D eigenvalue weighted by molar-refractivity contribution is -0.385. The van der Waals surface area contributed by atoms with Gasteiger partial charge in [0.05, 0.1) is 4.92 Å². The molecule has 1 rings (SSSR count). The van der Waals surface area contributed by atoms with Gasteiger partial charge in [0.25, 0.3) is 5.69 Å². The van der Waals surface area contributed by atoms with Crippen LogP contribution in [0.4, 0.5) is 5.69 Å². The number of nitrogens with zero attached hydrogens (tertiary/aromatic N) is 1. The first-order chi connectivity index (χ1) is 7.75. The monoisotopic (exact) mass is 240 g/mol. The molecule has 88 valence electrons. The number of hydrogen-bond acceptors (Lipinski definition) is 4. The number of nitro benzene ring substituents is 1. The molecule has 0 saturated heterocycles. The fourth-order valence-corrected chi connectivity index (χ4v) is 2.31. The lowest BCUT2D eigenvalue weighted by Gasteiger charge is -2.02. The van der Waals surface area contributed by atoms with Crippen molar-refractivity contribution in [3.63, 3.8) is 0 Å². The summed E-state index contributed by atoms with van der Waals surface area (Å²) >= 11 is 1.79. The van der Waals surface area contributed by atoms with E-state index in [1.807, 2.05) is 12.1 Å². The van der Waals surface area contributed by atoms with Gasteiger partial charge in [-0.15, -0.1) is 0 Å². The summed E-state index contributed by atoms with van der Waals surface area (Å²) < 4.78 is 0. The van der Waals surface area contributed by atoms with Gasteiger partial charge in [-0.2, -0.15) is 11.8 Å². The highest BCUT2D eigenvalue weighted by Gasteiger charge is 2.11. The Labute approximate surface area is 99.4 Å². The van der Waals surface area contributed by atoms with Gasteiger partial charge in [-0.3, -0.25) is 10.1 Å². The van der Waals surface area contributed by atoms with Crippen molar-refractivity contribution in [2.45, 2.75) is 12.8 Å². The van der Waals surface area contributed by atoms with Crippen LogP contribution in [0.3, 0.4) is 0 Å². The van der Waals surface area contributed by atoms with E-state index in [1.165, 1.54) is 0 Å². The molecule has 0 aliphatic carbocycles. The maximum Gasteiger partial charge on any atom is 0.272 e. The van der Waals surface area contributed by atoms with E-state index in [-0.39, 0.29) is 10.6 Å². The van der Waals surface area contributed by atoms with Gasteiger partial charge in [-0.1, -0.05) is 18.2 Å². The van der Waals surface area contributed by atoms with Crippen LogP contribution >= 0.6 is 11.8 Å². The van der Waals surface area contributed by atoms with Crippen LogP contribution in [-0.2, 0) is 6.42 Å². The van der Waals surface area contributed by atoms with Crippen molar-refractivity contribution < 1.29 is 4.92 Å². The van der Waals surface area contributed by atoms with E-state index < -0.39 is 0 Å². The molecule has 0 heterocycles. The molecule has 0 bridgehead atoms. The molecule has 0 aliphatic rings. The molecule has 16 heavy (non-hydrogen) atoms. The van der Waals surface area contributed by atoms with E-state index >= 15 is 0 Å². The highest BCUT2D eigenvalue weighted by atomic mass is 32.2. The quantitative estimate of drug-likeness (QED) is 0.451. The number of nitro groups is 1. The van der Waals surface area contributed by atoms with Gasteiger partial charge in [0.2, 0.25) is 0 Å². The van der Waals surface area contributed by atoms with Crippen LogP contribution in [0.2, 0.25) is 0 Å². The van der Waals surface area contributed by atoms with E-state index in [4.69, 9.17) is 5.73 Å². The minimum absolute atomic E-state index is 0.224. The zero-order chi connectivity index (χ0) is 11.8. The highest BCUT2D eigenvalue weighted by Crippen LogP contribution is 2.19. The number of para-hydroxylation sites is 1. The van der Waals surface area contributed by atoms with Gasteiger partial charge in [-0.25, -0.2) is 0 Å². The molecule has 0 amide bonds. The third kappa shape index (κ3) is 4.20. The van der Waals surface area contributed by atoms with Crippen LogP contribution in [0.5, 0.6) is 0 Å². The Kier molecular flexibility index (Phi) is 5.88. The summed E-state index contributed by atoms with van der Waals surface area (Å²) in [5.74, 6) is 1.93. The maximum absolute atomic E-state index is 10.7. The third-order valence-corrected chi connectivity index (χ3v) is 3.27. The zero-order valence-corrected chi connectivity index (χ0v) is 9.91. The predicted octanol–water partition coefficient (Wildman–Crippen LogP) is 2.22. The summed E-state index contributed by atoms with van der Waals surface area (Å²) in [4.78, 5) is 10.4. The number of thioether (sulfide) groups is 1. The predicted molar refractivity (Wildman–Crippen MR) is 67.8 cm³/mol. The van der Waals surface area contributed by atoms with Crippen LogP contribution in [-0.4, -0.2) is 23.0 Å². The van der Waals surface area contributed by atoms with Gasteiger partial charge in [0.15, 0.2) is 0 Å². The fraction of sp³-hybridized carbons (Fsp3) is 0.455. The number of nitrogens with two attached hydrogens (primary N) is 1. The molecule has 0 aliphatic heterocycles. The summed E-state index contributed by atoms with van der Waals surface area (Å²) in [5, 5.41) is 10.7. The number of benzene rings is 1. The Hall–Kier alpha value is -1.07. The average Bonchev–Trinajstić information content (AvgIpc) is 2.29. The van der Waals surface area contributed by atoms with Crippen molar-refractivity contribution in [3.8, 4) is 0 Å². The van der Waals surface area contributed by atoms with Crippen molar-refractivity contribution in [2.24, 2.45) is 5.73 Å². The van der Waals surface area contributed by atoms with Gasteiger partial charge < -0.3 is 5.73 Å². The maximum atomic E-state index is 10.7. The first-order valence-corrected chi connectivity index (χ1v) is 6.41. The van der Waals surface area contributed by atoms with Crippen LogP contribution < -0.4 is 5.73 Å². The van der Waals surface area contributed by atoms with Crippen molar-refractivity contribution in [1.82, 2.24) is 0 Å². The highest BCUT2D eigenvalue weighted by molar-refractivity contribution is 7.99. The Morgan fingerprint density at radius 2 is 2.06 bits per heavy atom. The number of aryl methyl sites for hydroxylation is 1. The van der Waals surface area contributed by atoms with E-state index in [2.05, 4.69) is 0 Å². The van der Waals surface area contributed by atoms with E-state index in [9.17, 15) is 10.1 Å². The van der Waals surface area contributed by atoms with E-state index in [1.54, 1.807) is 23.9 Å². The summed E-state index contributed by atoms with van der Waals surface area (Å²) in [6, 6.07) is 6.91. The van der Waals surface area contributed by atoms with Crippen LogP contribution in [0.1, 0.15) is 12.0 Å². The molecule has 0 fully saturated rings. The van der Waals surface area contributed by atoms with Crippen molar-refractivity contribution in [1.29, 1.82) is 0 Å². The molecule has 0 spiro atoms. The lowest BCUT2D eigenvalue weighted by atomic mass is 10.1. The second-order valence-corrected chi connectivity index (χ2v) is 4.62. The summed E-state index contributed by atoms with van der Waals surface area (Å²) in [6.45, 7) is 0.707. The van der Waals surface area contributed by atoms with Gasteiger partial charge >= 0.3 is 0 Å². The minimum atomic E-state index is -0.320. The second kappa shape index (κ2) is 7.24. The SMILES string of the molecule is NCCCSCCc1ccccc1[N+](=O)[O-]. The molecule has 0 aromatic heterocycles. The Balaban J connectivity index is 2.44. The number of hydrogen-bond donors (Lipinski definition) is 1. The summed E-state index contributed by atoms with van der Waals surface area (Å²) in [7, 11) is 0. The van der Waals surface area contributed by atoms with Crippen molar-refractivity contribution in [2.75, 3.05) is 18.1 Å². The first kappa shape index (κ1) is 13.0. The normalized spacial score (nSPS) is 10.3. The Morgan fingerprint density at radius 3 is 2.75 bits per heavy atom. The van der Waals surface area contributed by atoms with E-state index in [0.29, 0.717) is 6.54 Å². The molecular weight excluding hydrogens is 224 g/mol. The molecule has 0 atom stereocenters. The smallest absolute Gasteiger partial charge is 0.272 e. The fourth-order valence-electron chi connectivity index (χ4n) is 1.37. The third-order valence-electron chi connectivity index (χ3n) is 2.20. The molecule has 1 aromatic rings. The summed E-state index contributed by atoms with van der Waals surface area (Å²) in [5.41, 5.74) is 6.42. The minimum Gasteiger partial charge on any atom is -0.330 e. The van der Waals surface area contributed by atoms with Crippen molar-refractivity contribution in [3.05, 3.63) is 39.9 Å². The topological polar surface area (TPSA) is 69.2 Å². The average molecular weight is 240 g/mol. The largest absolute Gasteiger partial charge is 0.330 e. The van der Waals surface area contributed by atoms with Gasteiger partial charge in [0, 0.05) is 11.6 Å². The number of rotatable bonds is 7. The Morgan fingerprint density at radius 1 is 1.31 bits per heavy atom. The van der Waals surface area contributed by atoms with Gasteiger partial charge in [-0.05, 0) is 30.9 Å². The van der Waals surface area contributed by atoms with E-state index in [0.717, 1.165) is 29.9 Å². The lowest BCUT2D eigenvalue weighted by Crippen LogP contribution is -2.01. The molecule has 0 saturated carbocycles. The molecule has 0 unspecified atom stereocenters. The molecule has 0 radical (unpaired) electrons. The molecule has 5 heteroatoms. The molecule has 4 nitrogen and oxygen atoms in total. The van der Waals surface area contributed by atoms with Crippen LogP contribution in [0, 0.1) is 10.1 Å². The first-order valence-electron chi connectivity index (χ1n) is 5.26. The second-order valence-electron chi connectivity index (χ2n) is 3.39. The molecular formula is C11H16N2O2S. The summed E-state index contributed by atoms with van der Waals surface area (Å²) in [6.07, 6.45) is 1.74. The van der Waals surface area contributed by atoms with Gasteiger partial charge in [0.1, 0.15) is 0 Å². The van der Waals surface area contributed by atoms with Crippen molar-refractivity contribution >= 4 is 17.4 Å². The van der Waals surface area contributed by atoms with Crippen LogP contribution in [0.15, 0.2) is 24.3 Å². The Bertz CT molecular complexity index is 345. The standard InChI is InChI=1S/C11H16N2O2S/c12-7-3-8-16-9-6-10-4-1-2-5-11(10)13(14)15/h1-2,4-5H,3,6-9,12H2. The molecule has 2 N–H and O–H groups in total. The molecule has 1 aromatic carbocycles. The van der Waals surface area contributed by atoms with Crippen LogP contribution in [0.25, 0.3) is 0 Å². The zero-order valence-electron chi connectivity index (χ0n) is 9.09.